The lowest BCUT2D eigenvalue weighted by atomic mass is 10.0. The fraction of sp³-hybridized carbons (Fsp3) is 0.643. The summed E-state index contributed by atoms with van der Waals surface area (Å²) in [6.45, 7) is 2.66. The van der Waals surface area contributed by atoms with E-state index in [9.17, 15) is 4.39 Å². The van der Waals surface area contributed by atoms with Crippen molar-refractivity contribution in [3.63, 3.8) is 0 Å². The summed E-state index contributed by atoms with van der Waals surface area (Å²) >= 11 is 0. The molecule has 1 saturated heterocycles. The van der Waals surface area contributed by atoms with E-state index in [-0.39, 0.29) is 5.82 Å². The van der Waals surface area contributed by atoms with Crippen molar-refractivity contribution in [2.24, 2.45) is 0 Å². The van der Waals surface area contributed by atoms with Gasteiger partial charge in [-0.25, -0.2) is 9.37 Å². The first-order valence-corrected chi connectivity index (χ1v) is 6.83. The molecule has 1 fully saturated rings. The van der Waals surface area contributed by atoms with Gasteiger partial charge in [0, 0.05) is 31.4 Å². The Morgan fingerprint density at radius 1 is 1.47 bits per heavy atom. The number of pyridine rings is 1. The van der Waals surface area contributed by atoms with E-state index in [2.05, 4.69) is 22.2 Å². The summed E-state index contributed by atoms with van der Waals surface area (Å²) in [4.78, 5) is 8.54. The fourth-order valence-corrected chi connectivity index (χ4v) is 2.60. The number of anilines is 1. The second-order valence-corrected chi connectivity index (χ2v) is 5.28. The third-order valence-electron chi connectivity index (χ3n) is 3.89. The van der Waals surface area contributed by atoms with E-state index in [0.29, 0.717) is 24.0 Å². The van der Waals surface area contributed by atoms with E-state index in [1.54, 1.807) is 12.3 Å². The van der Waals surface area contributed by atoms with Crippen molar-refractivity contribution < 1.29 is 4.39 Å². The molecule has 5 heteroatoms. The first-order valence-electron chi connectivity index (χ1n) is 6.83. The van der Waals surface area contributed by atoms with E-state index in [4.69, 9.17) is 0 Å². The second kappa shape index (κ2) is 6.30. The normalized spacial score (nSPS) is 17.7. The molecule has 1 N–H and O–H groups in total. The number of likely N-dealkylation sites (tertiary alicyclic amines) is 1. The molecule has 0 amide bonds. The average molecular weight is 266 g/mol. The minimum absolute atomic E-state index is 0.196. The highest BCUT2D eigenvalue weighted by Crippen LogP contribution is 2.24. The van der Waals surface area contributed by atoms with Gasteiger partial charge in [-0.15, -0.1) is 0 Å². The maximum absolute atomic E-state index is 14.4. The van der Waals surface area contributed by atoms with Crippen LogP contribution < -0.4 is 10.2 Å². The van der Waals surface area contributed by atoms with Crippen molar-refractivity contribution in [3.05, 3.63) is 23.6 Å². The minimum Gasteiger partial charge on any atom is -0.354 e. The molecule has 1 aliphatic rings. The van der Waals surface area contributed by atoms with Crippen LogP contribution in [0.3, 0.4) is 0 Å². The molecule has 1 aromatic heterocycles. The molecule has 0 saturated carbocycles. The Kier molecular flexibility index (Phi) is 4.71. The predicted molar refractivity (Wildman–Crippen MR) is 75.9 cm³/mol. The standard InChI is InChI=1S/C14H23FN4/c1-16-10-11-4-7-17-14(13(11)15)19(3)12-5-8-18(2)9-6-12/h4,7,12,16H,5-6,8-10H2,1-3H3. The summed E-state index contributed by atoms with van der Waals surface area (Å²) in [6, 6.07) is 2.11. The molecule has 1 aliphatic heterocycles. The molecular formula is C14H23FN4. The third-order valence-corrected chi connectivity index (χ3v) is 3.89. The van der Waals surface area contributed by atoms with Crippen molar-refractivity contribution in [2.75, 3.05) is 39.1 Å². The number of rotatable bonds is 4. The van der Waals surface area contributed by atoms with Gasteiger partial charge in [0.2, 0.25) is 0 Å². The SMILES string of the molecule is CNCc1ccnc(N(C)C2CCN(C)CC2)c1F. The predicted octanol–water partition coefficient (Wildman–Crippen LogP) is 1.47. The molecule has 2 rings (SSSR count). The Morgan fingerprint density at radius 3 is 2.79 bits per heavy atom. The van der Waals surface area contributed by atoms with Crippen LogP contribution in [0.4, 0.5) is 10.2 Å². The Hall–Kier alpha value is -1.20. The topological polar surface area (TPSA) is 31.4 Å². The van der Waals surface area contributed by atoms with Crippen LogP contribution >= 0.6 is 0 Å². The lowest BCUT2D eigenvalue weighted by Gasteiger charge is -2.36. The van der Waals surface area contributed by atoms with Gasteiger partial charge in [0.25, 0.3) is 0 Å². The Bertz CT molecular complexity index is 416. The number of hydrogen-bond donors (Lipinski definition) is 1. The second-order valence-electron chi connectivity index (χ2n) is 5.28. The maximum atomic E-state index is 14.4. The van der Waals surface area contributed by atoms with Gasteiger partial charge in [-0.05, 0) is 46.1 Å². The van der Waals surface area contributed by atoms with Gasteiger partial charge in [-0.1, -0.05) is 0 Å². The van der Waals surface area contributed by atoms with Crippen LogP contribution in [0.5, 0.6) is 0 Å². The van der Waals surface area contributed by atoms with Crippen LogP contribution in [0, 0.1) is 5.82 Å². The number of aromatic nitrogens is 1. The summed E-state index contributed by atoms with van der Waals surface area (Å²) in [6.07, 6.45) is 3.81. The minimum atomic E-state index is -0.196. The summed E-state index contributed by atoms with van der Waals surface area (Å²) in [5.74, 6) is 0.278. The van der Waals surface area contributed by atoms with E-state index in [0.717, 1.165) is 25.9 Å². The zero-order chi connectivity index (χ0) is 13.8. The van der Waals surface area contributed by atoms with Crippen LogP contribution in [0.15, 0.2) is 12.3 Å². The smallest absolute Gasteiger partial charge is 0.170 e. The summed E-state index contributed by atoms with van der Waals surface area (Å²) in [7, 11) is 5.90. The number of piperidine rings is 1. The van der Waals surface area contributed by atoms with E-state index in [1.807, 2.05) is 19.0 Å². The fourth-order valence-electron chi connectivity index (χ4n) is 2.60. The highest BCUT2D eigenvalue weighted by Gasteiger charge is 2.24. The van der Waals surface area contributed by atoms with E-state index >= 15 is 0 Å². The van der Waals surface area contributed by atoms with Gasteiger partial charge < -0.3 is 15.1 Å². The molecule has 0 radical (unpaired) electrons. The number of nitrogens with one attached hydrogen (secondary N) is 1. The highest BCUT2D eigenvalue weighted by atomic mass is 19.1. The molecule has 106 valence electrons. The summed E-state index contributed by atoms with van der Waals surface area (Å²) < 4.78 is 14.4. The van der Waals surface area contributed by atoms with Gasteiger partial charge in [-0.3, -0.25) is 0 Å². The van der Waals surface area contributed by atoms with Gasteiger partial charge in [0.1, 0.15) is 0 Å². The largest absolute Gasteiger partial charge is 0.354 e. The summed E-state index contributed by atoms with van der Waals surface area (Å²) in [5, 5.41) is 2.98. The Morgan fingerprint density at radius 2 is 2.16 bits per heavy atom. The molecule has 0 aliphatic carbocycles. The van der Waals surface area contributed by atoms with Gasteiger partial charge in [-0.2, -0.15) is 0 Å². The maximum Gasteiger partial charge on any atom is 0.170 e. The molecule has 0 spiro atoms. The molecule has 0 aromatic carbocycles. The first-order chi connectivity index (χ1) is 9.13. The molecule has 0 bridgehead atoms. The number of halogens is 1. The number of nitrogens with zero attached hydrogens (tertiary/aromatic N) is 3. The van der Waals surface area contributed by atoms with Gasteiger partial charge >= 0.3 is 0 Å². The van der Waals surface area contributed by atoms with E-state index in [1.165, 1.54) is 0 Å². The lowest BCUT2D eigenvalue weighted by molar-refractivity contribution is 0.252. The Balaban J connectivity index is 2.14. The molecule has 19 heavy (non-hydrogen) atoms. The van der Waals surface area contributed by atoms with Crippen molar-refractivity contribution in [1.29, 1.82) is 0 Å². The highest BCUT2D eigenvalue weighted by molar-refractivity contribution is 5.43. The quantitative estimate of drug-likeness (QED) is 0.894. The molecule has 0 atom stereocenters. The van der Waals surface area contributed by atoms with Crippen LogP contribution in [0.1, 0.15) is 18.4 Å². The molecular weight excluding hydrogens is 243 g/mol. The average Bonchev–Trinajstić information content (AvgIpc) is 2.41. The third kappa shape index (κ3) is 3.22. The van der Waals surface area contributed by atoms with Crippen LogP contribution in [-0.4, -0.2) is 50.2 Å². The van der Waals surface area contributed by atoms with Crippen molar-refractivity contribution >= 4 is 5.82 Å². The van der Waals surface area contributed by atoms with Crippen molar-refractivity contribution in [2.45, 2.75) is 25.4 Å². The first kappa shape index (κ1) is 14.2. The van der Waals surface area contributed by atoms with Gasteiger partial charge in [0.15, 0.2) is 11.6 Å². The molecule has 1 aromatic rings. The zero-order valence-electron chi connectivity index (χ0n) is 12.0. The molecule has 0 unspecified atom stereocenters. The van der Waals surface area contributed by atoms with E-state index < -0.39 is 0 Å². The Labute approximate surface area is 114 Å². The van der Waals surface area contributed by atoms with Crippen LogP contribution in [-0.2, 0) is 6.54 Å². The van der Waals surface area contributed by atoms with Crippen LogP contribution in [0.25, 0.3) is 0 Å². The van der Waals surface area contributed by atoms with Crippen molar-refractivity contribution in [3.8, 4) is 0 Å². The summed E-state index contributed by atoms with van der Waals surface area (Å²) in [5.41, 5.74) is 0.673. The van der Waals surface area contributed by atoms with Gasteiger partial charge in [0.05, 0.1) is 0 Å². The molecule has 4 nitrogen and oxygen atoms in total. The monoisotopic (exact) mass is 266 g/mol. The van der Waals surface area contributed by atoms with Crippen LogP contribution in [0.2, 0.25) is 0 Å². The number of hydrogen-bond acceptors (Lipinski definition) is 4. The zero-order valence-corrected chi connectivity index (χ0v) is 12.0. The lowest BCUT2D eigenvalue weighted by Crippen LogP contribution is -2.42. The van der Waals surface area contributed by atoms with Crippen molar-refractivity contribution in [1.82, 2.24) is 15.2 Å². The molecule has 2 heterocycles.